The van der Waals surface area contributed by atoms with Crippen LogP contribution in [0.25, 0.3) is 10.9 Å². The molecule has 1 heterocycles. The summed E-state index contributed by atoms with van der Waals surface area (Å²) >= 11 is 5.99. The van der Waals surface area contributed by atoms with Gasteiger partial charge in [-0.2, -0.15) is 5.10 Å². The van der Waals surface area contributed by atoms with Crippen LogP contribution >= 0.6 is 11.6 Å². The summed E-state index contributed by atoms with van der Waals surface area (Å²) < 4.78 is 32.9. The highest BCUT2D eigenvalue weighted by Crippen LogP contribution is 2.28. The van der Waals surface area contributed by atoms with E-state index in [1.54, 1.807) is 31.3 Å². The Morgan fingerprint density at radius 2 is 2.09 bits per heavy atom. The van der Waals surface area contributed by atoms with Crippen molar-refractivity contribution in [2.24, 2.45) is 0 Å². The molecule has 2 aromatic carbocycles. The van der Waals surface area contributed by atoms with Gasteiger partial charge in [0, 0.05) is 11.5 Å². The van der Waals surface area contributed by atoms with Crippen molar-refractivity contribution >= 4 is 38.2 Å². The van der Waals surface area contributed by atoms with Crippen molar-refractivity contribution in [1.29, 1.82) is 0 Å². The smallest absolute Gasteiger partial charge is 0.262 e. The standard InChI is InChI=1S/C15H14ClN3O3S/c1-2-22-15-8-12(5-6-13(15)16)23(20,21)19-11-4-3-10-9-17-18-14(10)7-11/h3-9,19H,2H2,1H3,(H,17,18). The normalized spacial score (nSPS) is 11.6. The van der Waals surface area contributed by atoms with Crippen LogP contribution in [-0.4, -0.2) is 25.2 Å². The van der Waals surface area contributed by atoms with Crippen LogP contribution in [0.1, 0.15) is 6.92 Å². The van der Waals surface area contributed by atoms with Gasteiger partial charge in [-0.3, -0.25) is 9.82 Å². The van der Waals surface area contributed by atoms with Crippen LogP contribution in [0, 0.1) is 0 Å². The van der Waals surface area contributed by atoms with Crippen molar-refractivity contribution in [3.63, 3.8) is 0 Å². The first-order chi connectivity index (χ1) is 11.0. The molecule has 3 aromatic rings. The van der Waals surface area contributed by atoms with E-state index in [-0.39, 0.29) is 4.90 Å². The first-order valence-electron chi connectivity index (χ1n) is 6.88. The molecule has 0 aliphatic rings. The molecule has 0 radical (unpaired) electrons. The lowest BCUT2D eigenvalue weighted by Crippen LogP contribution is -2.13. The first kappa shape index (κ1) is 15.6. The third kappa shape index (κ3) is 3.25. The molecule has 6 nitrogen and oxygen atoms in total. The predicted molar refractivity (Wildman–Crippen MR) is 89.5 cm³/mol. The number of fused-ring (bicyclic) bond motifs is 1. The Bertz CT molecular complexity index is 954. The summed E-state index contributed by atoms with van der Waals surface area (Å²) in [4.78, 5) is 0.0788. The third-order valence-electron chi connectivity index (χ3n) is 3.21. The van der Waals surface area contributed by atoms with Crippen LogP contribution in [-0.2, 0) is 10.0 Å². The highest BCUT2D eigenvalue weighted by molar-refractivity contribution is 7.92. The van der Waals surface area contributed by atoms with Crippen molar-refractivity contribution in [3.8, 4) is 5.75 Å². The topological polar surface area (TPSA) is 84.1 Å². The molecule has 0 aliphatic carbocycles. The summed E-state index contributed by atoms with van der Waals surface area (Å²) in [6.45, 7) is 2.20. The number of aromatic nitrogens is 2. The van der Waals surface area contributed by atoms with Gasteiger partial charge in [-0.25, -0.2) is 8.42 Å². The molecule has 0 atom stereocenters. The fourth-order valence-corrected chi connectivity index (χ4v) is 3.37. The number of aromatic amines is 1. The van der Waals surface area contributed by atoms with Crippen molar-refractivity contribution in [1.82, 2.24) is 10.2 Å². The summed E-state index contributed by atoms with van der Waals surface area (Å²) in [5, 5.41) is 7.97. The molecule has 0 amide bonds. The van der Waals surface area contributed by atoms with Gasteiger partial charge >= 0.3 is 0 Å². The van der Waals surface area contributed by atoms with Crippen LogP contribution < -0.4 is 9.46 Å². The second kappa shape index (κ2) is 6.10. The molecule has 120 valence electrons. The summed E-state index contributed by atoms with van der Waals surface area (Å²) in [6.07, 6.45) is 1.67. The second-order valence-corrected chi connectivity index (χ2v) is 6.89. The second-order valence-electron chi connectivity index (χ2n) is 4.80. The summed E-state index contributed by atoms with van der Waals surface area (Å²) in [7, 11) is -3.75. The van der Waals surface area contributed by atoms with Crippen LogP contribution in [0.4, 0.5) is 5.69 Å². The molecule has 2 N–H and O–H groups in total. The Morgan fingerprint density at radius 3 is 2.87 bits per heavy atom. The van der Waals surface area contributed by atoms with Crippen molar-refractivity contribution in [3.05, 3.63) is 47.6 Å². The van der Waals surface area contributed by atoms with Gasteiger partial charge in [0.15, 0.2) is 0 Å². The zero-order valence-electron chi connectivity index (χ0n) is 12.2. The van der Waals surface area contributed by atoms with Crippen LogP contribution in [0.2, 0.25) is 5.02 Å². The number of anilines is 1. The van der Waals surface area contributed by atoms with E-state index in [1.165, 1.54) is 18.2 Å². The van der Waals surface area contributed by atoms with E-state index < -0.39 is 10.0 Å². The molecule has 0 unspecified atom stereocenters. The molecular formula is C15H14ClN3O3S. The zero-order chi connectivity index (χ0) is 16.4. The highest BCUT2D eigenvalue weighted by Gasteiger charge is 2.17. The minimum atomic E-state index is -3.75. The van der Waals surface area contributed by atoms with Crippen molar-refractivity contribution < 1.29 is 13.2 Å². The largest absolute Gasteiger partial charge is 0.492 e. The van der Waals surface area contributed by atoms with Gasteiger partial charge in [0.05, 0.1) is 33.9 Å². The fourth-order valence-electron chi connectivity index (χ4n) is 2.13. The van der Waals surface area contributed by atoms with Gasteiger partial charge in [0.25, 0.3) is 10.0 Å². The highest BCUT2D eigenvalue weighted by atomic mass is 35.5. The number of hydrogen-bond donors (Lipinski definition) is 2. The summed E-state index contributed by atoms with van der Waals surface area (Å²) in [6, 6.07) is 9.47. The average Bonchev–Trinajstić information content (AvgIpc) is 2.96. The third-order valence-corrected chi connectivity index (χ3v) is 4.90. The Kier molecular flexibility index (Phi) is 4.14. The number of nitrogens with one attached hydrogen (secondary N) is 2. The number of sulfonamides is 1. The lowest BCUT2D eigenvalue weighted by Gasteiger charge is -2.11. The number of halogens is 1. The van der Waals surface area contributed by atoms with Crippen LogP contribution in [0.3, 0.4) is 0 Å². The summed E-state index contributed by atoms with van der Waals surface area (Å²) in [5.41, 5.74) is 1.19. The van der Waals surface area contributed by atoms with Crippen molar-refractivity contribution in [2.45, 2.75) is 11.8 Å². The Hall–Kier alpha value is -2.25. The fraction of sp³-hybridized carbons (Fsp3) is 0.133. The van der Waals surface area contributed by atoms with Gasteiger partial charge in [0.1, 0.15) is 5.75 Å². The minimum absolute atomic E-state index is 0.0788. The van der Waals surface area contributed by atoms with E-state index in [4.69, 9.17) is 16.3 Å². The molecule has 0 aliphatic heterocycles. The number of nitrogens with zero attached hydrogens (tertiary/aromatic N) is 1. The molecule has 8 heteroatoms. The van der Waals surface area contributed by atoms with E-state index in [9.17, 15) is 8.42 Å². The average molecular weight is 352 g/mol. The van der Waals surface area contributed by atoms with Gasteiger partial charge in [0.2, 0.25) is 0 Å². The number of H-pyrrole nitrogens is 1. The van der Waals surface area contributed by atoms with E-state index in [2.05, 4.69) is 14.9 Å². The predicted octanol–water partition coefficient (Wildman–Crippen LogP) is 3.42. The lowest BCUT2D eigenvalue weighted by molar-refractivity contribution is 0.339. The maximum atomic E-state index is 12.5. The molecule has 23 heavy (non-hydrogen) atoms. The molecular weight excluding hydrogens is 338 g/mol. The van der Waals surface area contributed by atoms with Gasteiger partial charge < -0.3 is 4.74 Å². The number of ether oxygens (including phenoxy) is 1. The van der Waals surface area contributed by atoms with E-state index in [0.717, 1.165) is 10.9 Å². The van der Waals surface area contributed by atoms with Crippen LogP contribution in [0.15, 0.2) is 47.5 Å². The summed E-state index contributed by atoms with van der Waals surface area (Å²) in [5.74, 6) is 0.334. The number of rotatable bonds is 5. The van der Waals surface area contributed by atoms with Crippen LogP contribution in [0.5, 0.6) is 5.75 Å². The SMILES string of the molecule is CCOc1cc(S(=O)(=O)Nc2ccc3cn[nH]c3c2)ccc1Cl. The monoisotopic (exact) mass is 351 g/mol. The van der Waals surface area contributed by atoms with Gasteiger partial charge in [-0.15, -0.1) is 0 Å². The molecule has 0 saturated heterocycles. The molecule has 3 rings (SSSR count). The Labute approximate surface area is 138 Å². The van der Waals surface area contributed by atoms with Crippen molar-refractivity contribution in [2.75, 3.05) is 11.3 Å². The minimum Gasteiger partial charge on any atom is -0.492 e. The first-order valence-corrected chi connectivity index (χ1v) is 8.74. The molecule has 0 bridgehead atoms. The molecule has 0 fully saturated rings. The Morgan fingerprint density at radius 1 is 1.26 bits per heavy atom. The van der Waals surface area contributed by atoms with Gasteiger partial charge in [-0.1, -0.05) is 11.6 Å². The maximum Gasteiger partial charge on any atom is 0.262 e. The molecule has 0 saturated carbocycles. The molecule has 0 spiro atoms. The molecule has 1 aromatic heterocycles. The van der Waals surface area contributed by atoms with Gasteiger partial charge in [-0.05, 0) is 37.3 Å². The van der Waals surface area contributed by atoms with E-state index in [1.807, 2.05) is 0 Å². The van der Waals surface area contributed by atoms with E-state index >= 15 is 0 Å². The Balaban J connectivity index is 1.93. The zero-order valence-corrected chi connectivity index (χ0v) is 13.8. The lowest BCUT2D eigenvalue weighted by atomic mass is 10.2. The number of hydrogen-bond acceptors (Lipinski definition) is 4. The van der Waals surface area contributed by atoms with E-state index in [0.29, 0.717) is 23.1 Å². The maximum absolute atomic E-state index is 12.5. The number of benzene rings is 2. The quantitative estimate of drug-likeness (QED) is 0.737.